The van der Waals surface area contributed by atoms with Gasteiger partial charge in [-0.2, -0.15) is 0 Å². The zero-order valence-electron chi connectivity index (χ0n) is 11.8. The number of rotatable bonds is 5. The van der Waals surface area contributed by atoms with Crippen molar-refractivity contribution in [1.29, 1.82) is 0 Å². The van der Waals surface area contributed by atoms with Crippen LogP contribution in [0.5, 0.6) is 0 Å². The molecule has 0 atom stereocenters. The van der Waals surface area contributed by atoms with E-state index in [1.54, 1.807) is 30.1 Å². The Morgan fingerprint density at radius 2 is 1.79 bits per heavy atom. The van der Waals surface area contributed by atoms with Crippen LogP contribution in [-0.2, 0) is 16.1 Å². The Morgan fingerprint density at radius 1 is 1.16 bits per heavy atom. The molecule has 104 valence electrons. The fourth-order valence-corrected chi connectivity index (χ4v) is 1.73. The van der Waals surface area contributed by atoms with Crippen LogP contribution < -0.4 is 0 Å². The first kappa shape index (κ1) is 15.2. The summed E-state index contributed by atoms with van der Waals surface area (Å²) in [5.74, 6) is -0.444. The first-order valence-electron chi connectivity index (χ1n) is 6.03. The van der Waals surface area contributed by atoms with E-state index in [0.717, 1.165) is 0 Å². The molecule has 0 aliphatic carbocycles. The van der Waals surface area contributed by atoms with Crippen LogP contribution in [0.4, 0.5) is 0 Å². The number of hydrogen-bond acceptors (Lipinski definition) is 4. The predicted molar refractivity (Wildman–Crippen MR) is 72.6 cm³/mol. The minimum atomic E-state index is -0.358. The molecule has 0 heterocycles. The molecule has 0 bridgehead atoms. The van der Waals surface area contributed by atoms with Gasteiger partial charge in [0.25, 0.3) is 5.91 Å². The van der Waals surface area contributed by atoms with Crippen LogP contribution in [0.15, 0.2) is 24.3 Å². The first-order valence-corrected chi connectivity index (χ1v) is 6.03. The SMILES string of the molecule is CC(=O)OCc1ccccc1C(=O)N(C)CN(C)C. The van der Waals surface area contributed by atoms with E-state index < -0.39 is 0 Å². The number of carbonyl (C=O) groups is 2. The van der Waals surface area contributed by atoms with Crippen LogP contribution in [0.1, 0.15) is 22.8 Å². The summed E-state index contributed by atoms with van der Waals surface area (Å²) >= 11 is 0. The van der Waals surface area contributed by atoms with Crippen molar-refractivity contribution in [3.8, 4) is 0 Å². The maximum Gasteiger partial charge on any atom is 0.302 e. The van der Waals surface area contributed by atoms with E-state index in [2.05, 4.69) is 0 Å². The summed E-state index contributed by atoms with van der Waals surface area (Å²) in [6.07, 6.45) is 0. The second-order valence-electron chi connectivity index (χ2n) is 4.66. The molecule has 0 aliphatic heterocycles. The molecule has 1 aromatic carbocycles. The zero-order valence-corrected chi connectivity index (χ0v) is 11.8. The van der Waals surface area contributed by atoms with Crippen LogP contribution in [0.2, 0.25) is 0 Å². The predicted octanol–water partition coefficient (Wildman–Crippen LogP) is 1.34. The number of esters is 1. The molecule has 5 nitrogen and oxygen atoms in total. The lowest BCUT2D eigenvalue weighted by Crippen LogP contribution is -2.35. The second-order valence-corrected chi connectivity index (χ2v) is 4.66. The standard InChI is InChI=1S/C14H20N2O3/c1-11(17)19-9-12-7-5-6-8-13(12)14(18)16(4)10-15(2)3/h5-8H,9-10H2,1-4H3. The third kappa shape index (κ3) is 4.71. The lowest BCUT2D eigenvalue weighted by Gasteiger charge is -2.22. The van der Waals surface area contributed by atoms with E-state index in [9.17, 15) is 9.59 Å². The van der Waals surface area contributed by atoms with Crippen molar-refractivity contribution in [3.05, 3.63) is 35.4 Å². The maximum absolute atomic E-state index is 12.3. The highest BCUT2D eigenvalue weighted by atomic mass is 16.5. The summed E-state index contributed by atoms with van der Waals surface area (Å²) in [5.41, 5.74) is 1.28. The number of hydrogen-bond donors (Lipinski definition) is 0. The van der Waals surface area contributed by atoms with Gasteiger partial charge in [0.2, 0.25) is 0 Å². The number of carbonyl (C=O) groups excluding carboxylic acids is 2. The highest BCUT2D eigenvalue weighted by Crippen LogP contribution is 2.12. The maximum atomic E-state index is 12.3. The summed E-state index contributed by atoms with van der Waals surface area (Å²) in [5, 5.41) is 0. The van der Waals surface area contributed by atoms with Gasteiger partial charge in [0.05, 0.1) is 6.67 Å². The van der Waals surface area contributed by atoms with Crippen LogP contribution in [0.25, 0.3) is 0 Å². The number of amides is 1. The Morgan fingerprint density at radius 3 is 2.37 bits per heavy atom. The summed E-state index contributed by atoms with van der Waals surface area (Å²) in [4.78, 5) is 26.7. The third-order valence-corrected chi connectivity index (χ3v) is 2.52. The summed E-state index contributed by atoms with van der Waals surface area (Å²) < 4.78 is 4.96. The normalized spacial score (nSPS) is 10.4. The second kappa shape index (κ2) is 6.89. The Balaban J connectivity index is 2.86. The summed E-state index contributed by atoms with van der Waals surface area (Å²) in [7, 11) is 5.54. The van der Waals surface area contributed by atoms with Gasteiger partial charge >= 0.3 is 5.97 Å². The molecule has 1 amide bonds. The molecule has 0 saturated carbocycles. The molecule has 1 aromatic rings. The van der Waals surface area contributed by atoms with Gasteiger partial charge < -0.3 is 9.64 Å². The third-order valence-electron chi connectivity index (χ3n) is 2.52. The van der Waals surface area contributed by atoms with Crippen molar-refractivity contribution in [3.63, 3.8) is 0 Å². The van der Waals surface area contributed by atoms with E-state index in [-0.39, 0.29) is 18.5 Å². The van der Waals surface area contributed by atoms with E-state index >= 15 is 0 Å². The molecule has 0 fully saturated rings. The first-order chi connectivity index (χ1) is 8.91. The van der Waals surface area contributed by atoms with Gasteiger partial charge in [-0.3, -0.25) is 14.5 Å². The van der Waals surface area contributed by atoms with Gasteiger partial charge in [-0.25, -0.2) is 0 Å². The largest absolute Gasteiger partial charge is 0.461 e. The lowest BCUT2D eigenvalue weighted by molar-refractivity contribution is -0.142. The van der Waals surface area contributed by atoms with Gasteiger partial charge in [0, 0.05) is 25.1 Å². The molecule has 0 radical (unpaired) electrons. The van der Waals surface area contributed by atoms with Crippen molar-refractivity contribution in [2.45, 2.75) is 13.5 Å². The van der Waals surface area contributed by atoms with Crippen LogP contribution in [-0.4, -0.2) is 49.5 Å². The Labute approximate surface area is 113 Å². The van der Waals surface area contributed by atoms with Crippen LogP contribution in [0.3, 0.4) is 0 Å². The molecule has 1 rings (SSSR count). The van der Waals surface area contributed by atoms with Gasteiger partial charge in [-0.15, -0.1) is 0 Å². The van der Waals surface area contributed by atoms with Crippen molar-refractivity contribution in [2.75, 3.05) is 27.8 Å². The monoisotopic (exact) mass is 264 g/mol. The van der Waals surface area contributed by atoms with Crippen molar-refractivity contribution in [1.82, 2.24) is 9.80 Å². The van der Waals surface area contributed by atoms with E-state index in [0.29, 0.717) is 17.8 Å². The van der Waals surface area contributed by atoms with Gasteiger partial charge in [0.15, 0.2) is 0 Å². The smallest absolute Gasteiger partial charge is 0.302 e. The highest BCUT2D eigenvalue weighted by molar-refractivity contribution is 5.95. The van der Waals surface area contributed by atoms with E-state index in [1.807, 2.05) is 25.1 Å². The molecule has 0 spiro atoms. The minimum Gasteiger partial charge on any atom is -0.461 e. The Bertz CT molecular complexity index is 458. The summed E-state index contributed by atoms with van der Waals surface area (Å²) in [6, 6.07) is 7.16. The molecule has 0 aliphatic rings. The summed E-state index contributed by atoms with van der Waals surface area (Å²) in [6.45, 7) is 2.00. The molecule has 0 saturated heterocycles. The fourth-order valence-electron chi connectivity index (χ4n) is 1.73. The molecule has 0 aromatic heterocycles. The highest BCUT2D eigenvalue weighted by Gasteiger charge is 2.16. The van der Waals surface area contributed by atoms with Crippen molar-refractivity contribution < 1.29 is 14.3 Å². The Kier molecular flexibility index (Phi) is 5.51. The van der Waals surface area contributed by atoms with Crippen LogP contribution >= 0.6 is 0 Å². The Hall–Kier alpha value is -1.88. The average molecular weight is 264 g/mol. The molecule has 5 heteroatoms. The molecule has 19 heavy (non-hydrogen) atoms. The van der Waals surface area contributed by atoms with E-state index in [1.165, 1.54) is 6.92 Å². The molecule has 0 unspecified atom stereocenters. The minimum absolute atomic E-state index is 0.0866. The lowest BCUT2D eigenvalue weighted by atomic mass is 10.1. The fraction of sp³-hybridized carbons (Fsp3) is 0.429. The molecular weight excluding hydrogens is 244 g/mol. The quantitative estimate of drug-likeness (QED) is 0.595. The van der Waals surface area contributed by atoms with Gasteiger partial charge in [-0.05, 0) is 20.2 Å². The van der Waals surface area contributed by atoms with Crippen LogP contribution in [0, 0.1) is 0 Å². The topological polar surface area (TPSA) is 49.9 Å². The number of benzene rings is 1. The van der Waals surface area contributed by atoms with Crippen molar-refractivity contribution >= 4 is 11.9 Å². The van der Waals surface area contributed by atoms with Gasteiger partial charge in [0.1, 0.15) is 6.61 Å². The number of ether oxygens (including phenoxy) is 1. The number of nitrogens with zero attached hydrogens (tertiary/aromatic N) is 2. The zero-order chi connectivity index (χ0) is 14.4. The van der Waals surface area contributed by atoms with Gasteiger partial charge in [-0.1, -0.05) is 18.2 Å². The molecule has 0 N–H and O–H groups in total. The average Bonchev–Trinajstić information content (AvgIpc) is 2.35. The van der Waals surface area contributed by atoms with Crippen molar-refractivity contribution in [2.24, 2.45) is 0 Å². The van der Waals surface area contributed by atoms with E-state index in [4.69, 9.17) is 4.74 Å². The molecular formula is C14H20N2O3.